The molecule has 1 saturated heterocycles. The van der Waals surface area contributed by atoms with Gasteiger partial charge in [-0.25, -0.2) is 0 Å². The molecule has 3 atom stereocenters. The molecule has 1 heterocycles. The number of esters is 1. The highest BCUT2D eigenvalue weighted by Gasteiger charge is 2.35. The Morgan fingerprint density at radius 3 is 2.69 bits per heavy atom. The van der Waals surface area contributed by atoms with Crippen LogP contribution in [-0.2, 0) is 14.3 Å². The average molecular weight is 233 g/mol. The quantitative estimate of drug-likeness (QED) is 0.569. The Hall–Kier alpha value is -0.690. The maximum absolute atomic E-state index is 11.2. The van der Waals surface area contributed by atoms with Crippen LogP contribution in [0.15, 0.2) is 0 Å². The summed E-state index contributed by atoms with van der Waals surface area (Å²) in [6.07, 6.45) is -2.16. The molecule has 0 aromatic rings. The highest BCUT2D eigenvalue weighted by Crippen LogP contribution is 2.14. The minimum atomic E-state index is -0.971. The minimum Gasteiger partial charge on any atom is -0.463 e. The lowest BCUT2D eigenvalue weighted by molar-refractivity contribution is -0.148. The molecule has 0 saturated carbocycles. The van der Waals surface area contributed by atoms with Gasteiger partial charge in [0.2, 0.25) is 0 Å². The first-order chi connectivity index (χ1) is 7.50. The maximum atomic E-state index is 11.2. The first-order valence-corrected chi connectivity index (χ1v) is 5.29. The van der Waals surface area contributed by atoms with Gasteiger partial charge in [0, 0.05) is 6.54 Å². The zero-order valence-electron chi connectivity index (χ0n) is 9.63. The second-order valence-electron chi connectivity index (χ2n) is 4.17. The number of rotatable bonds is 5. The largest absolute Gasteiger partial charge is 0.463 e. The van der Waals surface area contributed by atoms with E-state index in [1.165, 1.54) is 0 Å². The smallest absolute Gasteiger partial charge is 0.307 e. The van der Waals surface area contributed by atoms with Crippen molar-refractivity contribution < 1.29 is 24.5 Å². The molecule has 0 spiro atoms. The molecule has 0 unspecified atom stereocenters. The Morgan fingerprint density at radius 1 is 1.50 bits per heavy atom. The van der Waals surface area contributed by atoms with E-state index >= 15 is 0 Å². The monoisotopic (exact) mass is 233 g/mol. The molecule has 1 aliphatic heterocycles. The van der Waals surface area contributed by atoms with E-state index in [0.717, 1.165) is 0 Å². The molecule has 0 bridgehead atoms. The summed E-state index contributed by atoms with van der Waals surface area (Å²) in [5.41, 5.74) is 0. The molecule has 1 aliphatic rings. The number of nitrogens with zero attached hydrogens (tertiary/aromatic N) is 1. The van der Waals surface area contributed by atoms with Crippen molar-refractivity contribution in [2.24, 2.45) is 0 Å². The van der Waals surface area contributed by atoms with Crippen LogP contribution in [0.2, 0.25) is 0 Å². The van der Waals surface area contributed by atoms with Crippen LogP contribution in [0.1, 0.15) is 6.42 Å². The van der Waals surface area contributed by atoms with Gasteiger partial charge < -0.3 is 24.6 Å². The summed E-state index contributed by atoms with van der Waals surface area (Å²) in [6, 6.07) is 0. The number of hydrogen-bond acceptors (Lipinski definition) is 6. The summed E-state index contributed by atoms with van der Waals surface area (Å²) in [7, 11) is 3.74. The van der Waals surface area contributed by atoms with Crippen LogP contribution >= 0.6 is 0 Å². The molecule has 94 valence electrons. The summed E-state index contributed by atoms with van der Waals surface area (Å²) < 4.78 is 10.00. The molecular formula is C10H19NO5. The SMILES string of the molecule is CN(C)CCC(=O)OC[C@H]1OC[C@H](O)[C@H]1O. The molecule has 1 rings (SSSR count). The Morgan fingerprint density at radius 2 is 2.19 bits per heavy atom. The van der Waals surface area contributed by atoms with E-state index in [-0.39, 0.29) is 19.2 Å². The summed E-state index contributed by atoms with van der Waals surface area (Å²) in [5.74, 6) is -0.328. The topological polar surface area (TPSA) is 79.2 Å². The normalized spacial score (nSPS) is 29.7. The van der Waals surface area contributed by atoms with E-state index < -0.39 is 18.3 Å². The molecular weight excluding hydrogens is 214 g/mol. The van der Waals surface area contributed by atoms with Gasteiger partial charge in [-0.3, -0.25) is 4.79 Å². The standard InChI is InChI=1S/C10H19NO5/c1-11(2)4-3-9(13)16-6-8-10(14)7(12)5-15-8/h7-8,10,12,14H,3-6H2,1-2H3/t7-,8+,10+/m0/s1. The van der Waals surface area contributed by atoms with E-state index in [9.17, 15) is 15.0 Å². The van der Waals surface area contributed by atoms with E-state index in [1.54, 1.807) is 0 Å². The first kappa shape index (κ1) is 13.4. The summed E-state index contributed by atoms with van der Waals surface area (Å²) in [4.78, 5) is 13.1. The molecule has 0 aromatic heterocycles. The zero-order valence-corrected chi connectivity index (χ0v) is 9.63. The third-order valence-corrected chi connectivity index (χ3v) is 2.43. The Labute approximate surface area is 94.8 Å². The fourth-order valence-electron chi connectivity index (χ4n) is 1.38. The number of carbonyl (C=O) groups excluding carboxylic acids is 1. The fraction of sp³-hybridized carbons (Fsp3) is 0.900. The Kier molecular flexibility index (Phi) is 5.14. The van der Waals surface area contributed by atoms with E-state index in [1.807, 2.05) is 19.0 Å². The molecule has 16 heavy (non-hydrogen) atoms. The Balaban J connectivity index is 2.17. The molecule has 0 amide bonds. The van der Waals surface area contributed by atoms with Crippen molar-refractivity contribution in [2.75, 3.05) is 33.9 Å². The maximum Gasteiger partial charge on any atom is 0.307 e. The van der Waals surface area contributed by atoms with Gasteiger partial charge in [-0.1, -0.05) is 0 Å². The van der Waals surface area contributed by atoms with Crippen molar-refractivity contribution in [1.29, 1.82) is 0 Å². The predicted molar refractivity (Wildman–Crippen MR) is 55.9 cm³/mol. The first-order valence-electron chi connectivity index (χ1n) is 5.29. The lowest BCUT2D eigenvalue weighted by Crippen LogP contribution is -2.34. The molecule has 0 radical (unpaired) electrons. The molecule has 0 aromatic carbocycles. The van der Waals surface area contributed by atoms with Crippen LogP contribution in [0.25, 0.3) is 0 Å². The van der Waals surface area contributed by atoms with Crippen molar-refractivity contribution in [2.45, 2.75) is 24.7 Å². The average Bonchev–Trinajstić information content (AvgIpc) is 2.54. The van der Waals surface area contributed by atoms with Gasteiger partial charge in [0.05, 0.1) is 13.0 Å². The molecule has 6 heteroatoms. The van der Waals surface area contributed by atoms with Crippen LogP contribution < -0.4 is 0 Å². The van der Waals surface area contributed by atoms with Gasteiger partial charge in [-0.15, -0.1) is 0 Å². The summed E-state index contributed by atoms with van der Waals surface area (Å²) in [5, 5.41) is 18.6. The van der Waals surface area contributed by atoms with Crippen LogP contribution in [0, 0.1) is 0 Å². The van der Waals surface area contributed by atoms with Crippen molar-refractivity contribution in [3.8, 4) is 0 Å². The van der Waals surface area contributed by atoms with Crippen LogP contribution in [0.5, 0.6) is 0 Å². The van der Waals surface area contributed by atoms with Gasteiger partial charge in [0.15, 0.2) is 0 Å². The van der Waals surface area contributed by atoms with Crippen LogP contribution in [0.3, 0.4) is 0 Å². The molecule has 1 fully saturated rings. The van der Waals surface area contributed by atoms with Crippen molar-refractivity contribution >= 4 is 5.97 Å². The molecule has 2 N–H and O–H groups in total. The van der Waals surface area contributed by atoms with Crippen LogP contribution in [-0.4, -0.2) is 73.2 Å². The van der Waals surface area contributed by atoms with Crippen LogP contribution in [0.4, 0.5) is 0 Å². The number of aliphatic hydroxyl groups excluding tert-OH is 2. The van der Waals surface area contributed by atoms with Crippen molar-refractivity contribution in [3.05, 3.63) is 0 Å². The lowest BCUT2D eigenvalue weighted by Gasteiger charge is -2.15. The summed E-state index contributed by atoms with van der Waals surface area (Å²) >= 11 is 0. The summed E-state index contributed by atoms with van der Waals surface area (Å²) in [6.45, 7) is 0.696. The minimum absolute atomic E-state index is 0.00944. The highest BCUT2D eigenvalue weighted by molar-refractivity contribution is 5.69. The third-order valence-electron chi connectivity index (χ3n) is 2.43. The lowest BCUT2D eigenvalue weighted by atomic mass is 10.2. The second-order valence-corrected chi connectivity index (χ2v) is 4.17. The second kappa shape index (κ2) is 6.15. The highest BCUT2D eigenvalue weighted by atomic mass is 16.6. The number of ether oxygens (including phenoxy) is 2. The van der Waals surface area contributed by atoms with Gasteiger partial charge in [-0.05, 0) is 14.1 Å². The van der Waals surface area contributed by atoms with Gasteiger partial charge in [-0.2, -0.15) is 0 Å². The van der Waals surface area contributed by atoms with Crippen molar-refractivity contribution in [3.63, 3.8) is 0 Å². The zero-order chi connectivity index (χ0) is 12.1. The van der Waals surface area contributed by atoms with E-state index in [2.05, 4.69) is 0 Å². The van der Waals surface area contributed by atoms with E-state index in [0.29, 0.717) is 13.0 Å². The van der Waals surface area contributed by atoms with Crippen molar-refractivity contribution in [1.82, 2.24) is 4.90 Å². The van der Waals surface area contributed by atoms with Gasteiger partial charge >= 0.3 is 5.97 Å². The molecule has 0 aliphatic carbocycles. The number of aliphatic hydroxyl groups is 2. The van der Waals surface area contributed by atoms with E-state index in [4.69, 9.17) is 9.47 Å². The van der Waals surface area contributed by atoms with Gasteiger partial charge in [0.1, 0.15) is 24.9 Å². The Bertz CT molecular complexity index is 233. The fourth-order valence-corrected chi connectivity index (χ4v) is 1.38. The number of carbonyl (C=O) groups is 1. The molecule has 6 nitrogen and oxygen atoms in total. The number of hydrogen-bond donors (Lipinski definition) is 2. The predicted octanol–water partition coefficient (Wildman–Crippen LogP) is -1.40. The third kappa shape index (κ3) is 4.05. The van der Waals surface area contributed by atoms with Gasteiger partial charge in [0.25, 0.3) is 0 Å².